The number of aliphatic hydroxyl groups excluding tert-OH is 1. The first kappa shape index (κ1) is 17.8. The third-order valence-electron chi connectivity index (χ3n) is 4.87. The first-order valence-corrected chi connectivity index (χ1v) is 8.84. The van der Waals surface area contributed by atoms with Gasteiger partial charge in [0.25, 0.3) is 0 Å². The third-order valence-corrected chi connectivity index (χ3v) is 4.87. The van der Waals surface area contributed by atoms with Crippen LogP contribution in [0.5, 0.6) is 5.75 Å². The number of hydrogen-bond donors (Lipinski definition) is 2. The molecule has 2 atom stereocenters. The van der Waals surface area contributed by atoms with Crippen molar-refractivity contribution in [3.63, 3.8) is 0 Å². The minimum absolute atomic E-state index is 0.140. The highest BCUT2D eigenvalue weighted by Crippen LogP contribution is 2.41. The van der Waals surface area contributed by atoms with Crippen LogP contribution in [0.25, 0.3) is 0 Å². The number of ether oxygens (including phenoxy) is 1. The Balaban J connectivity index is 1.80. The maximum Gasteiger partial charge on any atom is 0.131 e. The summed E-state index contributed by atoms with van der Waals surface area (Å²) in [5, 5.41) is 14.4. The van der Waals surface area contributed by atoms with Gasteiger partial charge in [0.2, 0.25) is 0 Å². The van der Waals surface area contributed by atoms with Gasteiger partial charge < -0.3 is 20.1 Å². The van der Waals surface area contributed by atoms with E-state index in [2.05, 4.69) is 52.7 Å². The molecular weight excluding hydrogens is 312 g/mol. The van der Waals surface area contributed by atoms with E-state index >= 15 is 0 Å². The number of rotatable bonds is 5. The molecule has 1 aliphatic rings. The highest BCUT2D eigenvalue weighted by molar-refractivity contribution is 5.55. The van der Waals surface area contributed by atoms with Gasteiger partial charge in [0.05, 0.1) is 6.04 Å². The lowest BCUT2D eigenvalue weighted by molar-refractivity contribution is -0.0643. The Labute approximate surface area is 150 Å². The van der Waals surface area contributed by atoms with Crippen LogP contribution in [-0.4, -0.2) is 37.5 Å². The number of nitrogens with zero attached hydrogens (tertiary/aromatic N) is 1. The molecule has 0 fully saturated rings. The fourth-order valence-corrected chi connectivity index (χ4v) is 3.30. The zero-order chi connectivity index (χ0) is 18.0. The zero-order valence-electron chi connectivity index (χ0n) is 15.5. The van der Waals surface area contributed by atoms with E-state index in [1.54, 1.807) is 0 Å². The third kappa shape index (κ3) is 3.80. The molecule has 134 valence electrons. The molecule has 1 heterocycles. The Morgan fingerprint density at radius 2 is 1.84 bits per heavy atom. The molecule has 0 saturated heterocycles. The van der Waals surface area contributed by atoms with E-state index in [0.717, 1.165) is 30.0 Å². The second-order valence-electron chi connectivity index (χ2n) is 7.43. The normalized spacial score (nSPS) is 21.3. The molecule has 2 aromatic carbocycles. The molecule has 3 rings (SSSR count). The molecule has 0 saturated carbocycles. The van der Waals surface area contributed by atoms with Crippen LogP contribution in [0.4, 0.5) is 5.69 Å². The molecule has 0 aliphatic carbocycles. The quantitative estimate of drug-likeness (QED) is 0.878. The summed E-state index contributed by atoms with van der Waals surface area (Å²) < 4.78 is 6.10. The Kier molecular flexibility index (Phi) is 5.02. The summed E-state index contributed by atoms with van der Waals surface area (Å²) in [7, 11) is 4.03. The maximum atomic E-state index is 10.8. The molecule has 0 unspecified atom stereocenters. The van der Waals surface area contributed by atoms with Crippen molar-refractivity contribution in [2.75, 3.05) is 25.5 Å². The number of fused-ring (bicyclic) bond motifs is 1. The number of hydrogen-bond acceptors (Lipinski definition) is 4. The van der Waals surface area contributed by atoms with E-state index in [4.69, 9.17) is 4.74 Å². The second kappa shape index (κ2) is 7.06. The standard InChI is InChI=1S/C21H28N2O2/c1-21(2)20(24)19(22-13-12-15-8-6-5-7-9-15)17-11-10-16(23(3)4)14-18(17)25-21/h5-11,14,19-20,22,24H,12-13H2,1-4H3/t19-,20+/m0/s1. The van der Waals surface area contributed by atoms with Gasteiger partial charge in [0.1, 0.15) is 17.5 Å². The molecule has 2 aromatic rings. The van der Waals surface area contributed by atoms with E-state index in [9.17, 15) is 5.11 Å². The number of aliphatic hydroxyl groups is 1. The Morgan fingerprint density at radius 1 is 1.12 bits per heavy atom. The van der Waals surface area contributed by atoms with Gasteiger partial charge >= 0.3 is 0 Å². The average molecular weight is 340 g/mol. The van der Waals surface area contributed by atoms with Crippen molar-refractivity contribution in [3.05, 3.63) is 59.7 Å². The van der Waals surface area contributed by atoms with Crippen LogP contribution < -0.4 is 15.0 Å². The molecule has 0 bridgehead atoms. The topological polar surface area (TPSA) is 44.7 Å². The van der Waals surface area contributed by atoms with Gasteiger partial charge in [-0.3, -0.25) is 0 Å². The number of anilines is 1. The van der Waals surface area contributed by atoms with Gasteiger partial charge in [-0.05, 0) is 38.4 Å². The molecular formula is C21H28N2O2. The number of benzene rings is 2. The lowest BCUT2D eigenvalue weighted by atomic mass is 9.86. The highest BCUT2D eigenvalue weighted by Gasteiger charge is 2.42. The second-order valence-corrected chi connectivity index (χ2v) is 7.43. The Bertz CT molecular complexity index is 713. The van der Waals surface area contributed by atoms with Crippen LogP contribution >= 0.6 is 0 Å². The van der Waals surface area contributed by atoms with Crippen LogP contribution in [-0.2, 0) is 6.42 Å². The minimum atomic E-state index is -0.637. The van der Waals surface area contributed by atoms with Crippen LogP contribution in [0.15, 0.2) is 48.5 Å². The number of nitrogens with one attached hydrogen (secondary N) is 1. The van der Waals surface area contributed by atoms with Crippen molar-refractivity contribution in [2.45, 2.75) is 38.0 Å². The van der Waals surface area contributed by atoms with Gasteiger partial charge in [-0.1, -0.05) is 36.4 Å². The fraction of sp³-hybridized carbons (Fsp3) is 0.429. The van der Waals surface area contributed by atoms with Gasteiger partial charge in [0.15, 0.2) is 0 Å². The summed E-state index contributed by atoms with van der Waals surface area (Å²) in [5.41, 5.74) is 2.76. The van der Waals surface area contributed by atoms with Crippen molar-refractivity contribution in [3.8, 4) is 5.75 Å². The first-order chi connectivity index (χ1) is 11.9. The maximum absolute atomic E-state index is 10.8. The first-order valence-electron chi connectivity index (χ1n) is 8.84. The van der Waals surface area contributed by atoms with Crippen molar-refractivity contribution in [1.82, 2.24) is 5.32 Å². The predicted octanol–water partition coefficient (Wildman–Crippen LogP) is 3.16. The van der Waals surface area contributed by atoms with E-state index in [1.807, 2.05) is 34.0 Å². The van der Waals surface area contributed by atoms with Crippen LogP contribution in [0, 0.1) is 0 Å². The average Bonchev–Trinajstić information content (AvgIpc) is 2.58. The molecule has 0 radical (unpaired) electrons. The molecule has 25 heavy (non-hydrogen) atoms. The van der Waals surface area contributed by atoms with E-state index in [-0.39, 0.29) is 6.04 Å². The lowest BCUT2D eigenvalue weighted by Crippen LogP contribution is -2.52. The summed E-state index contributed by atoms with van der Waals surface area (Å²) in [5.74, 6) is 0.846. The Hall–Kier alpha value is -2.04. The molecule has 2 N–H and O–H groups in total. The summed E-state index contributed by atoms with van der Waals surface area (Å²) in [6.07, 6.45) is 0.317. The van der Waals surface area contributed by atoms with Gasteiger partial charge in [-0.25, -0.2) is 0 Å². The fourth-order valence-electron chi connectivity index (χ4n) is 3.30. The molecule has 4 nitrogen and oxygen atoms in total. The van der Waals surface area contributed by atoms with Gasteiger partial charge in [0, 0.05) is 31.4 Å². The van der Waals surface area contributed by atoms with Crippen molar-refractivity contribution in [1.29, 1.82) is 0 Å². The summed E-state index contributed by atoms with van der Waals surface area (Å²) >= 11 is 0. The molecule has 4 heteroatoms. The minimum Gasteiger partial charge on any atom is -0.485 e. The van der Waals surface area contributed by atoms with Gasteiger partial charge in [-0.2, -0.15) is 0 Å². The largest absolute Gasteiger partial charge is 0.485 e. The molecule has 0 amide bonds. The lowest BCUT2D eigenvalue weighted by Gasteiger charge is -2.42. The highest BCUT2D eigenvalue weighted by atomic mass is 16.5. The zero-order valence-corrected chi connectivity index (χ0v) is 15.5. The summed E-state index contributed by atoms with van der Waals surface area (Å²) in [6, 6.07) is 16.4. The van der Waals surface area contributed by atoms with Crippen LogP contribution in [0.2, 0.25) is 0 Å². The molecule has 0 spiro atoms. The summed E-state index contributed by atoms with van der Waals surface area (Å²) in [6.45, 7) is 4.68. The van der Waals surface area contributed by atoms with Crippen molar-refractivity contribution in [2.24, 2.45) is 0 Å². The van der Waals surface area contributed by atoms with Gasteiger partial charge in [-0.15, -0.1) is 0 Å². The van der Waals surface area contributed by atoms with Crippen LogP contribution in [0.1, 0.15) is 31.0 Å². The molecule has 0 aromatic heterocycles. The Morgan fingerprint density at radius 3 is 2.52 bits per heavy atom. The predicted molar refractivity (Wildman–Crippen MR) is 102 cm³/mol. The van der Waals surface area contributed by atoms with E-state index in [1.165, 1.54) is 5.56 Å². The summed E-state index contributed by atoms with van der Waals surface area (Å²) in [4.78, 5) is 2.06. The van der Waals surface area contributed by atoms with Crippen molar-refractivity contribution < 1.29 is 9.84 Å². The van der Waals surface area contributed by atoms with Crippen molar-refractivity contribution >= 4 is 5.69 Å². The SMILES string of the molecule is CN(C)c1ccc2c(c1)OC(C)(C)[C@H](O)[C@H]2NCCc1ccccc1. The van der Waals surface area contributed by atoms with E-state index < -0.39 is 11.7 Å². The van der Waals surface area contributed by atoms with Crippen LogP contribution in [0.3, 0.4) is 0 Å². The molecule has 1 aliphatic heterocycles. The monoisotopic (exact) mass is 340 g/mol. The smallest absolute Gasteiger partial charge is 0.131 e. The van der Waals surface area contributed by atoms with E-state index in [0.29, 0.717) is 0 Å².